The Morgan fingerprint density at radius 1 is 1.09 bits per heavy atom. The molecule has 0 aromatic heterocycles. The molecule has 3 aromatic rings. The largest absolute Gasteiger partial charge is 0.508 e. The number of non-ortho nitro benzene ring substituents is 1. The van der Waals surface area contributed by atoms with Crippen LogP contribution in [0.3, 0.4) is 0 Å². The molecule has 0 bridgehead atoms. The molecule has 0 atom stereocenters. The number of benzene rings is 3. The van der Waals surface area contributed by atoms with Gasteiger partial charge in [-0.15, -0.1) is 0 Å². The molecule has 33 heavy (non-hydrogen) atoms. The van der Waals surface area contributed by atoms with Crippen LogP contribution in [0, 0.1) is 10.1 Å². The summed E-state index contributed by atoms with van der Waals surface area (Å²) in [6, 6.07) is 16.2. The first kappa shape index (κ1) is 23.5. The molecule has 3 rings (SSSR count). The van der Waals surface area contributed by atoms with Gasteiger partial charge in [0.25, 0.3) is 15.7 Å². The average molecular weight is 471 g/mol. The van der Waals surface area contributed by atoms with Gasteiger partial charge in [0.1, 0.15) is 16.4 Å². The quantitative estimate of drug-likeness (QED) is 0.240. The van der Waals surface area contributed by atoms with Crippen molar-refractivity contribution < 1.29 is 23.2 Å². The number of phenols is 1. The van der Waals surface area contributed by atoms with E-state index < -0.39 is 14.9 Å². The van der Waals surface area contributed by atoms with Crippen molar-refractivity contribution in [2.45, 2.75) is 18.2 Å². The number of nitrogens with one attached hydrogen (secondary N) is 2. The van der Waals surface area contributed by atoms with Crippen LogP contribution in [0.5, 0.6) is 11.5 Å². The van der Waals surface area contributed by atoms with E-state index in [1.165, 1.54) is 37.4 Å². The maximum absolute atomic E-state index is 13.2. The van der Waals surface area contributed by atoms with Crippen LogP contribution in [0.1, 0.15) is 18.9 Å². The number of nitro groups is 1. The Hall–Kier alpha value is -4.12. The second-order valence-electron chi connectivity index (χ2n) is 6.81. The summed E-state index contributed by atoms with van der Waals surface area (Å²) < 4.78 is 34.0. The molecule has 10 nitrogen and oxygen atoms in total. The zero-order valence-corrected chi connectivity index (χ0v) is 18.7. The highest BCUT2D eigenvalue weighted by atomic mass is 32.2. The Bertz CT molecular complexity index is 1290. The normalized spacial score (nSPS) is 11.6. The number of para-hydroxylation sites is 2. The molecule has 0 saturated heterocycles. The van der Waals surface area contributed by atoms with Crippen molar-refractivity contribution in [3.63, 3.8) is 0 Å². The lowest BCUT2D eigenvalue weighted by molar-refractivity contribution is -0.385. The van der Waals surface area contributed by atoms with Gasteiger partial charge in [-0.05, 0) is 54.4 Å². The number of hydrazone groups is 1. The van der Waals surface area contributed by atoms with Gasteiger partial charge in [-0.3, -0.25) is 20.3 Å². The minimum atomic E-state index is -4.26. The molecule has 0 saturated carbocycles. The molecule has 3 aromatic carbocycles. The van der Waals surface area contributed by atoms with Gasteiger partial charge in [0.05, 0.1) is 29.1 Å². The topological polar surface area (TPSA) is 143 Å². The van der Waals surface area contributed by atoms with E-state index in [0.717, 1.165) is 11.6 Å². The molecule has 11 heteroatoms. The Morgan fingerprint density at radius 2 is 1.79 bits per heavy atom. The van der Waals surface area contributed by atoms with Crippen LogP contribution in [-0.2, 0) is 10.0 Å². The van der Waals surface area contributed by atoms with Gasteiger partial charge in [0.2, 0.25) is 0 Å². The highest BCUT2D eigenvalue weighted by molar-refractivity contribution is 7.93. The van der Waals surface area contributed by atoms with Crippen molar-refractivity contribution in [2.75, 3.05) is 17.3 Å². The van der Waals surface area contributed by atoms with Crippen LogP contribution >= 0.6 is 0 Å². The summed E-state index contributed by atoms with van der Waals surface area (Å²) in [5, 5.41) is 25.1. The van der Waals surface area contributed by atoms with Crippen molar-refractivity contribution in [3.8, 4) is 11.5 Å². The predicted octanol–water partition coefficient (Wildman–Crippen LogP) is 4.34. The minimum absolute atomic E-state index is 0.0488. The second-order valence-corrected chi connectivity index (χ2v) is 8.46. The number of rotatable bonds is 9. The van der Waals surface area contributed by atoms with Gasteiger partial charge < -0.3 is 9.84 Å². The molecule has 0 heterocycles. The highest BCUT2D eigenvalue weighted by Gasteiger charge is 2.24. The number of aromatic hydroxyl groups is 1. The first-order chi connectivity index (χ1) is 15.7. The third-order valence-corrected chi connectivity index (χ3v) is 6.07. The van der Waals surface area contributed by atoms with Gasteiger partial charge >= 0.3 is 0 Å². The molecule has 0 unspecified atom stereocenters. The highest BCUT2D eigenvalue weighted by Crippen LogP contribution is 2.31. The van der Waals surface area contributed by atoms with Gasteiger partial charge in [0, 0.05) is 12.1 Å². The van der Waals surface area contributed by atoms with E-state index in [2.05, 4.69) is 15.2 Å². The summed E-state index contributed by atoms with van der Waals surface area (Å²) in [7, 11) is -2.86. The average Bonchev–Trinajstić information content (AvgIpc) is 2.80. The maximum atomic E-state index is 13.2. The van der Waals surface area contributed by atoms with E-state index >= 15 is 0 Å². The number of nitro benzene ring substituents is 1. The van der Waals surface area contributed by atoms with E-state index in [9.17, 15) is 23.6 Å². The maximum Gasteiger partial charge on any atom is 0.270 e. The van der Waals surface area contributed by atoms with Crippen LogP contribution in [0.15, 0.2) is 76.7 Å². The Morgan fingerprint density at radius 3 is 2.42 bits per heavy atom. The number of anilines is 2. The molecule has 0 aliphatic heterocycles. The number of hydrogen-bond acceptors (Lipinski definition) is 8. The number of methoxy groups -OCH3 is 1. The zero-order chi connectivity index (χ0) is 24.0. The van der Waals surface area contributed by atoms with Crippen molar-refractivity contribution >= 4 is 32.8 Å². The number of phenolic OH excluding ortho intramolecular Hbond substituents is 1. The Balaban J connectivity index is 2.02. The molecular weight excluding hydrogens is 448 g/mol. The lowest BCUT2D eigenvalue weighted by atomic mass is 10.1. The van der Waals surface area contributed by atoms with Gasteiger partial charge in [-0.2, -0.15) is 5.10 Å². The van der Waals surface area contributed by atoms with Crippen molar-refractivity contribution in [1.29, 1.82) is 0 Å². The molecule has 0 radical (unpaired) electrons. The predicted molar refractivity (Wildman–Crippen MR) is 125 cm³/mol. The summed E-state index contributed by atoms with van der Waals surface area (Å²) >= 11 is 0. The summed E-state index contributed by atoms with van der Waals surface area (Å²) in [6.07, 6.45) is 0.506. The first-order valence-electron chi connectivity index (χ1n) is 9.81. The minimum Gasteiger partial charge on any atom is -0.508 e. The number of hydrogen-bond donors (Lipinski definition) is 3. The lowest BCUT2D eigenvalue weighted by Gasteiger charge is -2.14. The molecule has 0 aliphatic rings. The lowest BCUT2D eigenvalue weighted by Crippen LogP contribution is -2.16. The third-order valence-electron chi connectivity index (χ3n) is 4.66. The number of sulfonamides is 1. The van der Waals surface area contributed by atoms with Gasteiger partial charge in [-0.25, -0.2) is 8.42 Å². The summed E-state index contributed by atoms with van der Waals surface area (Å²) in [5.41, 5.74) is 3.87. The fourth-order valence-electron chi connectivity index (χ4n) is 3.00. The third kappa shape index (κ3) is 5.57. The monoisotopic (exact) mass is 470 g/mol. The molecule has 0 spiro atoms. The summed E-state index contributed by atoms with van der Waals surface area (Å²) in [4.78, 5) is 10.2. The van der Waals surface area contributed by atoms with E-state index in [4.69, 9.17) is 4.74 Å². The Labute approximate surface area is 190 Å². The van der Waals surface area contributed by atoms with E-state index in [1.54, 1.807) is 30.3 Å². The molecular formula is C22H22N4O6S. The summed E-state index contributed by atoms with van der Waals surface area (Å²) in [5.74, 6) is 0.396. The van der Waals surface area contributed by atoms with Crippen LogP contribution in [0.2, 0.25) is 0 Å². The van der Waals surface area contributed by atoms with Crippen molar-refractivity contribution in [3.05, 3.63) is 82.4 Å². The standard InChI is InChI=1S/C22H22N4O6S/c1-3-18(15-8-11-17(27)12-9-15)23-24-20-13-10-16(26(28)29)14-22(20)33(30,31)25-19-6-4-5-7-21(19)32-2/h4-14,24-25,27H,3H2,1-2H3/b23-18+. The van der Waals surface area contributed by atoms with E-state index in [0.29, 0.717) is 17.9 Å². The molecule has 0 aliphatic carbocycles. The van der Waals surface area contributed by atoms with Crippen LogP contribution in [-0.4, -0.2) is 31.3 Å². The fraction of sp³-hybridized carbons (Fsp3) is 0.136. The number of nitrogens with zero attached hydrogens (tertiary/aromatic N) is 2. The van der Waals surface area contributed by atoms with E-state index in [1.807, 2.05) is 6.92 Å². The Kier molecular flexibility index (Phi) is 7.13. The van der Waals surface area contributed by atoms with Crippen LogP contribution in [0.4, 0.5) is 17.1 Å². The summed E-state index contributed by atoms with van der Waals surface area (Å²) in [6.45, 7) is 1.87. The molecule has 172 valence electrons. The van der Waals surface area contributed by atoms with E-state index in [-0.39, 0.29) is 27.7 Å². The van der Waals surface area contributed by atoms with Gasteiger partial charge in [-0.1, -0.05) is 19.1 Å². The fourth-order valence-corrected chi connectivity index (χ4v) is 4.24. The molecule has 0 fully saturated rings. The smallest absolute Gasteiger partial charge is 0.270 e. The second kappa shape index (κ2) is 10.0. The zero-order valence-electron chi connectivity index (χ0n) is 17.8. The van der Waals surface area contributed by atoms with Crippen molar-refractivity contribution in [2.24, 2.45) is 5.10 Å². The van der Waals surface area contributed by atoms with Crippen LogP contribution in [0.25, 0.3) is 0 Å². The number of ether oxygens (including phenoxy) is 1. The first-order valence-corrected chi connectivity index (χ1v) is 11.3. The van der Waals surface area contributed by atoms with Crippen LogP contribution < -0.4 is 14.9 Å². The SMILES string of the molecule is CC/C(=N\Nc1ccc([N+](=O)[O-])cc1S(=O)(=O)Nc1ccccc1OC)c1ccc(O)cc1. The molecule has 3 N–H and O–H groups in total. The van der Waals surface area contributed by atoms with Crippen molar-refractivity contribution in [1.82, 2.24) is 0 Å². The van der Waals surface area contributed by atoms with Gasteiger partial charge in [0.15, 0.2) is 0 Å². The molecule has 0 amide bonds.